The van der Waals surface area contributed by atoms with Crippen molar-refractivity contribution in [3.63, 3.8) is 0 Å². The van der Waals surface area contributed by atoms with Crippen LogP contribution in [0.15, 0.2) is 48.6 Å². The van der Waals surface area contributed by atoms with Gasteiger partial charge in [0.1, 0.15) is 11.4 Å². The maximum absolute atomic E-state index is 13.5. The van der Waals surface area contributed by atoms with Crippen molar-refractivity contribution < 1.29 is 27.4 Å². The number of piperazine rings is 1. The zero-order valence-electron chi connectivity index (χ0n) is 30.5. The highest BCUT2D eigenvalue weighted by Gasteiger charge is 2.50. The molecule has 6 atom stereocenters. The van der Waals surface area contributed by atoms with Crippen LogP contribution in [-0.4, -0.2) is 114 Å². The van der Waals surface area contributed by atoms with Gasteiger partial charge in [0.2, 0.25) is 10.0 Å². The van der Waals surface area contributed by atoms with Gasteiger partial charge < -0.3 is 19.1 Å². The largest absolute Gasteiger partial charge is 0.490 e. The number of benzene rings is 2. The van der Waals surface area contributed by atoms with Crippen LogP contribution >= 0.6 is 11.6 Å². The van der Waals surface area contributed by atoms with E-state index in [1.807, 2.05) is 32.2 Å². The molecule has 1 saturated carbocycles. The molecule has 282 valence electrons. The number of carbonyl (C=O) groups excluding carboxylic acids is 1. The van der Waals surface area contributed by atoms with Crippen LogP contribution in [0.1, 0.15) is 60.5 Å². The van der Waals surface area contributed by atoms with Crippen molar-refractivity contribution in [1.82, 2.24) is 14.5 Å². The SMILES string of the molecule is CO[C@@]1(CN2CCN3CCOC[C@@H]3C2)/C=C/C[C@H](C)CS(=O)(=O)NC(=O)c2ccc3c(c2)N(C[C@@H]2CC[C@H]21)C[C@@]1(CCCc2cc(Cl)ccc21)CO3. The van der Waals surface area contributed by atoms with Gasteiger partial charge in [-0.1, -0.05) is 36.7 Å². The number of nitrogens with one attached hydrogen (secondary N) is 1. The summed E-state index contributed by atoms with van der Waals surface area (Å²) >= 11 is 6.50. The van der Waals surface area contributed by atoms with Gasteiger partial charge in [0.25, 0.3) is 5.91 Å². The second-order valence-corrected chi connectivity index (χ2v) is 18.5. The normalized spacial score (nSPS) is 34.4. The molecular weight excluding hydrogens is 700 g/mol. The zero-order valence-corrected chi connectivity index (χ0v) is 32.1. The number of morpholine rings is 1. The van der Waals surface area contributed by atoms with Gasteiger partial charge in [0, 0.05) is 75.0 Å². The van der Waals surface area contributed by atoms with E-state index in [4.69, 9.17) is 25.8 Å². The average Bonchev–Trinajstić information content (AvgIpc) is 3.25. The van der Waals surface area contributed by atoms with Crippen LogP contribution in [0.25, 0.3) is 0 Å². The molecular formula is C40H53ClN4O6S. The second kappa shape index (κ2) is 14.5. The van der Waals surface area contributed by atoms with Crippen molar-refractivity contribution >= 4 is 33.2 Å². The third kappa shape index (κ3) is 7.13. The monoisotopic (exact) mass is 752 g/mol. The van der Waals surface area contributed by atoms with Crippen LogP contribution < -0.4 is 14.4 Å². The number of hydrogen-bond donors (Lipinski definition) is 1. The summed E-state index contributed by atoms with van der Waals surface area (Å²) in [5, 5.41) is 0.748. The van der Waals surface area contributed by atoms with Crippen LogP contribution in [0, 0.1) is 17.8 Å². The van der Waals surface area contributed by atoms with Gasteiger partial charge in [0.15, 0.2) is 0 Å². The first-order valence-electron chi connectivity index (χ1n) is 19.2. The first-order chi connectivity index (χ1) is 25.1. The number of nitrogens with zero attached hydrogens (tertiary/aromatic N) is 3. The summed E-state index contributed by atoms with van der Waals surface area (Å²) in [6.45, 7) is 10.2. The van der Waals surface area contributed by atoms with Gasteiger partial charge >= 0.3 is 0 Å². The van der Waals surface area contributed by atoms with E-state index in [2.05, 4.69) is 43.7 Å². The molecule has 1 amide bonds. The predicted molar refractivity (Wildman–Crippen MR) is 203 cm³/mol. The summed E-state index contributed by atoms with van der Waals surface area (Å²) in [6, 6.07) is 12.0. The summed E-state index contributed by atoms with van der Waals surface area (Å²) in [7, 11) is -2.03. The van der Waals surface area contributed by atoms with Crippen LogP contribution in [0.5, 0.6) is 5.75 Å². The molecule has 2 saturated heterocycles. The van der Waals surface area contributed by atoms with E-state index in [-0.39, 0.29) is 23.0 Å². The van der Waals surface area contributed by atoms with Gasteiger partial charge in [-0.05, 0) is 97.7 Å². The lowest BCUT2D eigenvalue weighted by Crippen LogP contribution is -2.62. The molecule has 6 aliphatic rings. The number of halogens is 1. The number of amides is 1. The Balaban J connectivity index is 1.17. The summed E-state index contributed by atoms with van der Waals surface area (Å²) < 4.78 is 48.2. The molecule has 1 N–H and O–H groups in total. The molecule has 2 aromatic carbocycles. The Morgan fingerprint density at radius 2 is 1.98 bits per heavy atom. The van der Waals surface area contributed by atoms with E-state index >= 15 is 0 Å². The zero-order chi connectivity index (χ0) is 36.1. The van der Waals surface area contributed by atoms with Crippen LogP contribution in [-0.2, 0) is 31.3 Å². The van der Waals surface area contributed by atoms with E-state index in [1.165, 1.54) is 11.1 Å². The number of allylic oxidation sites excluding steroid dienone is 1. The van der Waals surface area contributed by atoms with Gasteiger partial charge in [-0.2, -0.15) is 0 Å². The van der Waals surface area contributed by atoms with Gasteiger partial charge in [-0.3, -0.25) is 14.6 Å². The van der Waals surface area contributed by atoms with Gasteiger partial charge in [0.05, 0.1) is 31.3 Å². The third-order valence-electron chi connectivity index (χ3n) is 12.9. The highest BCUT2D eigenvalue weighted by atomic mass is 35.5. The summed E-state index contributed by atoms with van der Waals surface area (Å²) in [5.41, 5.74) is 2.90. The van der Waals surface area contributed by atoms with Gasteiger partial charge in [-0.25, -0.2) is 13.1 Å². The van der Waals surface area contributed by atoms with E-state index in [1.54, 1.807) is 6.07 Å². The molecule has 10 nitrogen and oxygen atoms in total. The van der Waals surface area contributed by atoms with Crippen LogP contribution in [0.4, 0.5) is 5.69 Å². The minimum absolute atomic E-state index is 0.148. The minimum atomic E-state index is -3.88. The predicted octanol–water partition coefficient (Wildman–Crippen LogP) is 4.90. The first-order valence-corrected chi connectivity index (χ1v) is 21.2. The van der Waals surface area contributed by atoms with Crippen LogP contribution in [0.2, 0.25) is 5.02 Å². The number of aryl methyl sites for hydroxylation is 1. The van der Waals surface area contributed by atoms with Crippen molar-refractivity contribution in [3.05, 3.63) is 70.3 Å². The molecule has 2 aromatic rings. The Kier molecular flexibility index (Phi) is 10.1. The number of ether oxygens (including phenoxy) is 3. The Morgan fingerprint density at radius 3 is 2.81 bits per heavy atom. The Hall–Kier alpha value is -2.67. The van der Waals surface area contributed by atoms with Crippen molar-refractivity contribution in [2.75, 3.05) is 83.4 Å². The number of fused-ring (bicyclic) bond motifs is 5. The number of carbonyl (C=O) groups is 1. The van der Waals surface area contributed by atoms with Crippen molar-refractivity contribution in [3.8, 4) is 5.75 Å². The lowest BCUT2D eigenvalue weighted by atomic mass is 9.63. The van der Waals surface area contributed by atoms with Crippen molar-refractivity contribution in [1.29, 1.82) is 0 Å². The van der Waals surface area contributed by atoms with E-state index in [0.717, 1.165) is 102 Å². The fourth-order valence-corrected chi connectivity index (χ4v) is 11.6. The molecule has 1 spiro atoms. The molecule has 4 heterocycles. The molecule has 12 heteroatoms. The fourth-order valence-electron chi connectivity index (χ4n) is 10.0. The highest BCUT2D eigenvalue weighted by molar-refractivity contribution is 7.90. The smallest absolute Gasteiger partial charge is 0.264 e. The lowest BCUT2D eigenvalue weighted by Gasteiger charge is -2.53. The Morgan fingerprint density at radius 1 is 1.10 bits per heavy atom. The minimum Gasteiger partial charge on any atom is -0.490 e. The number of anilines is 1. The number of sulfonamides is 1. The maximum Gasteiger partial charge on any atom is 0.264 e. The molecule has 3 fully saturated rings. The standard InChI is InChI=1S/C40H53ClN4O6S/c1-28-5-3-14-40(49-2,26-43-15-16-44-17-18-50-23-33(44)22-43)35-10-7-31(35)21-45-25-39(13-4-6-29-19-32(41)9-11-34(29)39)27-51-37-12-8-30(20-36(37)45)38(46)42-52(47,48)24-28/h3,8-9,11-12,14,19-20,28,31,33,35H,4-7,10,13,15-18,21-27H2,1-2H3,(H,42,46)/b14-3+/t28-,31-,33-,35+,39-,40+/m0/s1. The van der Waals surface area contributed by atoms with Gasteiger partial charge in [-0.15, -0.1) is 0 Å². The average molecular weight is 753 g/mol. The topological polar surface area (TPSA) is 101 Å². The quantitative estimate of drug-likeness (QED) is 0.440. The Labute approximate surface area is 313 Å². The summed E-state index contributed by atoms with van der Waals surface area (Å²) in [5.74, 6) is 0.359. The molecule has 0 aromatic heterocycles. The van der Waals surface area contributed by atoms with Crippen molar-refractivity contribution in [2.45, 2.75) is 62.5 Å². The van der Waals surface area contributed by atoms with E-state index in [0.29, 0.717) is 36.3 Å². The molecule has 0 radical (unpaired) electrons. The fraction of sp³-hybridized carbons (Fsp3) is 0.625. The number of rotatable bonds is 3. The van der Waals surface area contributed by atoms with Crippen LogP contribution in [0.3, 0.4) is 0 Å². The molecule has 2 bridgehead atoms. The Bertz CT molecular complexity index is 1810. The summed E-state index contributed by atoms with van der Waals surface area (Å²) in [4.78, 5) is 21.1. The second-order valence-electron chi connectivity index (χ2n) is 16.3. The summed E-state index contributed by atoms with van der Waals surface area (Å²) in [6.07, 6.45) is 10.1. The van der Waals surface area contributed by atoms with E-state index in [9.17, 15) is 13.2 Å². The molecule has 0 unspecified atom stereocenters. The molecule has 8 rings (SSSR count). The highest BCUT2D eigenvalue weighted by Crippen LogP contribution is 2.49. The third-order valence-corrected chi connectivity index (χ3v) is 14.6. The lowest BCUT2D eigenvalue weighted by molar-refractivity contribution is -0.108. The maximum atomic E-state index is 13.5. The molecule has 52 heavy (non-hydrogen) atoms. The number of hydrogen-bond acceptors (Lipinski definition) is 9. The molecule has 2 aliphatic carbocycles. The van der Waals surface area contributed by atoms with Crippen molar-refractivity contribution in [2.24, 2.45) is 17.8 Å². The van der Waals surface area contributed by atoms with E-state index < -0.39 is 21.5 Å². The number of methoxy groups -OCH3 is 1. The molecule has 4 aliphatic heterocycles. The first kappa shape index (κ1) is 36.3.